The summed E-state index contributed by atoms with van der Waals surface area (Å²) in [4.78, 5) is 10.6. The van der Waals surface area contributed by atoms with Crippen molar-refractivity contribution in [2.24, 2.45) is 7.05 Å². The van der Waals surface area contributed by atoms with Gasteiger partial charge in [-0.3, -0.25) is 4.68 Å². The SMILES string of the molecule is CSc1ccc(CNc2nc(C)nc3c(-c4ccc5c(c4)c(C)nn5C)c(C)nn23)cc1. The number of nitrogens with zero attached hydrogens (tertiary/aromatic N) is 6. The van der Waals surface area contributed by atoms with Crippen LogP contribution in [0.15, 0.2) is 47.4 Å². The summed E-state index contributed by atoms with van der Waals surface area (Å²) in [5.74, 6) is 1.40. The van der Waals surface area contributed by atoms with Gasteiger partial charge in [0.15, 0.2) is 5.65 Å². The van der Waals surface area contributed by atoms with Gasteiger partial charge < -0.3 is 5.32 Å². The molecule has 32 heavy (non-hydrogen) atoms. The summed E-state index contributed by atoms with van der Waals surface area (Å²) in [5.41, 5.74) is 7.13. The number of aryl methyl sites for hydroxylation is 4. The molecule has 0 amide bonds. The highest BCUT2D eigenvalue weighted by molar-refractivity contribution is 7.98. The zero-order valence-electron chi connectivity index (χ0n) is 18.8. The van der Waals surface area contributed by atoms with Crippen molar-refractivity contribution >= 4 is 34.3 Å². The van der Waals surface area contributed by atoms with E-state index in [-0.39, 0.29) is 0 Å². The lowest BCUT2D eigenvalue weighted by Crippen LogP contribution is -2.09. The normalized spacial score (nSPS) is 11.5. The van der Waals surface area contributed by atoms with Crippen LogP contribution in [0.3, 0.4) is 0 Å². The molecule has 0 radical (unpaired) electrons. The van der Waals surface area contributed by atoms with E-state index in [1.54, 1.807) is 11.8 Å². The van der Waals surface area contributed by atoms with Crippen molar-refractivity contribution in [1.29, 1.82) is 0 Å². The third kappa shape index (κ3) is 3.50. The predicted molar refractivity (Wildman–Crippen MR) is 130 cm³/mol. The van der Waals surface area contributed by atoms with Crippen LogP contribution >= 0.6 is 11.8 Å². The fourth-order valence-corrected chi connectivity index (χ4v) is 4.53. The molecule has 0 aliphatic heterocycles. The number of benzene rings is 2. The Kier molecular flexibility index (Phi) is 5.09. The first kappa shape index (κ1) is 20.5. The number of hydrogen-bond donors (Lipinski definition) is 1. The Hall–Kier alpha value is -3.39. The van der Waals surface area contributed by atoms with E-state index in [9.17, 15) is 0 Å². The molecule has 3 aromatic heterocycles. The van der Waals surface area contributed by atoms with E-state index in [1.165, 1.54) is 10.5 Å². The summed E-state index contributed by atoms with van der Waals surface area (Å²) >= 11 is 1.74. The minimum Gasteiger partial charge on any atom is -0.350 e. The summed E-state index contributed by atoms with van der Waals surface area (Å²) < 4.78 is 3.73. The molecule has 0 fully saturated rings. The van der Waals surface area contributed by atoms with Gasteiger partial charge in [0, 0.05) is 29.4 Å². The van der Waals surface area contributed by atoms with Gasteiger partial charge >= 0.3 is 0 Å². The molecule has 0 saturated carbocycles. The van der Waals surface area contributed by atoms with E-state index >= 15 is 0 Å². The monoisotopic (exact) mass is 443 g/mol. The third-order valence-corrected chi connectivity index (χ3v) is 6.45. The first-order valence-corrected chi connectivity index (χ1v) is 11.7. The van der Waals surface area contributed by atoms with Crippen LogP contribution in [0.1, 0.15) is 22.8 Å². The van der Waals surface area contributed by atoms with Crippen molar-refractivity contribution in [3.8, 4) is 11.1 Å². The smallest absolute Gasteiger partial charge is 0.227 e. The lowest BCUT2D eigenvalue weighted by Gasteiger charge is -2.09. The molecular weight excluding hydrogens is 418 g/mol. The molecule has 7 nitrogen and oxygen atoms in total. The second-order valence-corrected chi connectivity index (χ2v) is 8.81. The van der Waals surface area contributed by atoms with E-state index in [1.807, 2.05) is 37.0 Å². The van der Waals surface area contributed by atoms with Gasteiger partial charge in [-0.1, -0.05) is 18.2 Å². The zero-order valence-corrected chi connectivity index (χ0v) is 19.7. The van der Waals surface area contributed by atoms with Crippen molar-refractivity contribution in [3.63, 3.8) is 0 Å². The quantitative estimate of drug-likeness (QED) is 0.388. The van der Waals surface area contributed by atoms with Crippen LogP contribution in [0.25, 0.3) is 27.7 Å². The van der Waals surface area contributed by atoms with E-state index in [0.717, 1.165) is 39.1 Å². The van der Waals surface area contributed by atoms with Gasteiger partial charge in [-0.2, -0.15) is 19.7 Å². The predicted octanol–water partition coefficient (Wildman–Crippen LogP) is 4.94. The second kappa shape index (κ2) is 7.94. The van der Waals surface area contributed by atoms with Crippen molar-refractivity contribution in [2.75, 3.05) is 11.6 Å². The molecule has 0 aliphatic rings. The minimum absolute atomic E-state index is 0.662. The highest BCUT2D eigenvalue weighted by atomic mass is 32.2. The van der Waals surface area contributed by atoms with Crippen molar-refractivity contribution in [3.05, 3.63) is 65.2 Å². The van der Waals surface area contributed by atoms with Gasteiger partial charge in [0.05, 0.1) is 16.9 Å². The average Bonchev–Trinajstić information content (AvgIpc) is 3.27. The first-order valence-electron chi connectivity index (χ1n) is 10.5. The van der Waals surface area contributed by atoms with Crippen LogP contribution in [-0.2, 0) is 13.6 Å². The van der Waals surface area contributed by atoms with Crippen LogP contribution < -0.4 is 5.32 Å². The van der Waals surface area contributed by atoms with Crippen molar-refractivity contribution in [1.82, 2.24) is 29.4 Å². The number of rotatable bonds is 5. The van der Waals surface area contributed by atoms with Gasteiger partial charge in [-0.25, -0.2) is 4.98 Å². The molecule has 2 aromatic carbocycles. The molecule has 0 spiro atoms. The lowest BCUT2D eigenvalue weighted by molar-refractivity contribution is 0.783. The Morgan fingerprint density at radius 2 is 1.72 bits per heavy atom. The lowest BCUT2D eigenvalue weighted by atomic mass is 10.0. The van der Waals surface area contributed by atoms with Gasteiger partial charge in [0.25, 0.3) is 0 Å². The standard InChI is InChI=1S/C24H25N7S/c1-14-20-12-18(8-11-21(20)30(4)28-14)22-15(2)29-31-23(22)26-16(3)27-24(31)25-13-17-6-9-19(32-5)10-7-17/h6-12H,13H2,1-5H3,(H,25,26,27). The molecule has 0 aliphatic carbocycles. The minimum atomic E-state index is 0.662. The first-order chi connectivity index (χ1) is 15.4. The number of hydrogen-bond acceptors (Lipinski definition) is 6. The van der Waals surface area contributed by atoms with Crippen LogP contribution in [0.4, 0.5) is 5.95 Å². The number of thioether (sulfide) groups is 1. The topological polar surface area (TPSA) is 72.9 Å². The van der Waals surface area contributed by atoms with Crippen molar-refractivity contribution in [2.45, 2.75) is 32.2 Å². The highest BCUT2D eigenvalue weighted by Crippen LogP contribution is 2.31. The summed E-state index contributed by atoms with van der Waals surface area (Å²) in [6, 6.07) is 14.9. The van der Waals surface area contributed by atoms with Gasteiger partial charge in [-0.05, 0) is 62.4 Å². The Morgan fingerprint density at radius 3 is 2.47 bits per heavy atom. The Bertz CT molecular complexity index is 1450. The number of anilines is 1. The molecule has 0 atom stereocenters. The molecule has 1 N–H and O–H groups in total. The fourth-order valence-electron chi connectivity index (χ4n) is 4.12. The van der Waals surface area contributed by atoms with Crippen LogP contribution in [-0.4, -0.2) is 35.6 Å². The van der Waals surface area contributed by atoms with Gasteiger partial charge in [0.1, 0.15) is 5.82 Å². The molecule has 0 unspecified atom stereocenters. The van der Waals surface area contributed by atoms with Crippen LogP contribution in [0, 0.1) is 20.8 Å². The average molecular weight is 444 g/mol. The summed E-state index contributed by atoms with van der Waals surface area (Å²) in [6.45, 7) is 6.63. The summed E-state index contributed by atoms with van der Waals surface area (Å²) in [7, 11) is 1.97. The molecule has 5 rings (SSSR count). The summed E-state index contributed by atoms with van der Waals surface area (Å²) in [6.07, 6.45) is 2.08. The van der Waals surface area contributed by atoms with E-state index in [4.69, 9.17) is 10.1 Å². The number of aromatic nitrogens is 6. The molecule has 5 aromatic rings. The third-order valence-electron chi connectivity index (χ3n) is 5.71. The maximum Gasteiger partial charge on any atom is 0.227 e. The Morgan fingerprint density at radius 1 is 0.938 bits per heavy atom. The van der Waals surface area contributed by atoms with Crippen molar-refractivity contribution < 1.29 is 0 Å². The maximum absolute atomic E-state index is 4.78. The molecule has 3 heterocycles. The van der Waals surface area contributed by atoms with E-state index in [0.29, 0.717) is 18.3 Å². The molecule has 8 heteroatoms. The largest absolute Gasteiger partial charge is 0.350 e. The fraction of sp³-hybridized carbons (Fsp3) is 0.250. The molecule has 0 bridgehead atoms. The maximum atomic E-state index is 4.78. The molecule has 162 valence electrons. The number of fused-ring (bicyclic) bond motifs is 2. The summed E-state index contributed by atoms with van der Waals surface area (Å²) in [5, 5.41) is 13.9. The van der Waals surface area contributed by atoms with Gasteiger partial charge in [-0.15, -0.1) is 11.8 Å². The van der Waals surface area contributed by atoms with E-state index < -0.39 is 0 Å². The van der Waals surface area contributed by atoms with E-state index in [2.05, 4.69) is 64.1 Å². The van der Waals surface area contributed by atoms with Gasteiger partial charge in [0.2, 0.25) is 5.95 Å². The van der Waals surface area contributed by atoms with Crippen LogP contribution in [0.2, 0.25) is 0 Å². The Labute approximate surface area is 190 Å². The zero-order chi connectivity index (χ0) is 22.4. The van der Waals surface area contributed by atoms with Crippen LogP contribution in [0.5, 0.6) is 0 Å². The highest BCUT2D eigenvalue weighted by Gasteiger charge is 2.18. The second-order valence-electron chi connectivity index (χ2n) is 7.93. The molecular formula is C24H25N7S. The Balaban J connectivity index is 1.56. The molecule has 0 saturated heterocycles. The number of nitrogens with one attached hydrogen (secondary N) is 1.